The maximum Gasteiger partial charge on any atom is 0.251 e. The molecule has 1 unspecified atom stereocenters. The third-order valence-electron chi connectivity index (χ3n) is 3.25. The van der Waals surface area contributed by atoms with E-state index in [0.29, 0.717) is 23.2 Å². The lowest BCUT2D eigenvalue weighted by atomic mass is 10.2. The highest BCUT2D eigenvalue weighted by molar-refractivity contribution is 6.30. The van der Waals surface area contributed by atoms with Crippen LogP contribution in [-0.2, 0) is 0 Å². The monoisotopic (exact) mass is 267 g/mol. The molecule has 1 aromatic rings. The molecule has 1 aromatic carbocycles. The maximum absolute atomic E-state index is 11.9. The van der Waals surface area contributed by atoms with Crippen molar-refractivity contribution in [1.29, 1.82) is 0 Å². The fraction of sp³-hybridized carbons (Fsp3) is 0.462. The van der Waals surface area contributed by atoms with Gasteiger partial charge in [-0.15, -0.1) is 0 Å². The fourth-order valence-corrected chi connectivity index (χ4v) is 2.13. The minimum Gasteiger partial charge on any atom is -0.350 e. The van der Waals surface area contributed by atoms with Gasteiger partial charge in [-0.25, -0.2) is 0 Å². The Morgan fingerprint density at radius 2 is 2.22 bits per heavy atom. The number of carbonyl (C=O) groups is 1. The van der Waals surface area contributed by atoms with Crippen LogP contribution in [-0.4, -0.2) is 50.1 Å². The zero-order chi connectivity index (χ0) is 13.0. The molecule has 0 aliphatic carbocycles. The molecule has 0 bridgehead atoms. The van der Waals surface area contributed by atoms with Crippen LogP contribution in [0.1, 0.15) is 10.4 Å². The van der Waals surface area contributed by atoms with Gasteiger partial charge in [0, 0.05) is 42.8 Å². The van der Waals surface area contributed by atoms with E-state index in [1.807, 2.05) is 0 Å². The molecule has 2 N–H and O–H groups in total. The van der Waals surface area contributed by atoms with Crippen molar-refractivity contribution >= 4 is 17.5 Å². The number of nitrogens with zero attached hydrogens (tertiary/aromatic N) is 1. The Morgan fingerprint density at radius 1 is 1.50 bits per heavy atom. The van der Waals surface area contributed by atoms with Gasteiger partial charge >= 0.3 is 0 Å². The van der Waals surface area contributed by atoms with E-state index in [1.165, 1.54) is 0 Å². The molecular formula is C13H18ClN3O. The molecule has 98 valence electrons. The van der Waals surface area contributed by atoms with Gasteiger partial charge in [-0.05, 0) is 31.3 Å². The zero-order valence-corrected chi connectivity index (χ0v) is 11.2. The number of hydrogen-bond donors (Lipinski definition) is 2. The lowest BCUT2D eigenvalue weighted by Gasteiger charge is -2.33. The number of halogens is 1. The van der Waals surface area contributed by atoms with E-state index < -0.39 is 0 Å². The third kappa shape index (κ3) is 3.45. The standard InChI is InChI=1S/C13H18ClN3O/c1-17-7-6-15-8-12(17)9-16-13(18)10-2-4-11(14)5-3-10/h2-5,12,15H,6-9H2,1H3,(H,16,18). The molecule has 4 nitrogen and oxygen atoms in total. The molecular weight excluding hydrogens is 250 g/mol. The molecule has 1 atom stereocenters. The first-order valence-electron chi connectivity index (χ1n) is 6.11. The highest BCUT2D eigenvalue weighted by Crippen LogP contribution is 2.09. The van der Waals surface area contributed by atoms with Crippen LogP contribution in [0.2, 0.25) is 5.02 Å². The van der Waals surface area contributed by atoms with Gasteiger partial charge in [0.2, 0.25) is 0 Å². The van der Waals surface area contributed by atoms with Gasteiger partial charge in [0.15, 0.2) is 0 Å². The SMILES string of the molecule is CN1CCNCC1CNC(=O)c1ccc(Cl)cc1. The second kappa shape index (κ2) is 6.18. The molecule has 1 aliphatic heterocycles. The van der Waals surface area contributed by atoms with Crippen LogP contribution in [0.5, 0.6) is 0 Å². The van der Waals surface area contributed by atoms with Crippen LogP contribution in [0.15, 0.2) is 24.3 Å². The molecule has 1 amide bonds. The van der Waals surface area contributed by atoms with Crippen molar-refractivity contribution in [3.8, 4) is 0 Å². The summed E-state index contributed by atoms with van der Waals surface area (Å²) in [5, 5.41) is 6.92. The maximum atomic E-state index is 11.9. The second-order valence-electron chi connectivity index (χ2n) is 4.56. The normalized spacial score (nSPS) is 20.7. The average Bonchev–Trinajstić information content (AvgIpc) is 2.38. The number of likely N-dealkylation sites (N-methyl/N-ethyl adjacent to an activating group) is 1. The van der Waals surface area contributed by atoms with Crippen molar-refractivity contribution in [3.05, 3.63) is 34.9 Å². The summed E-state index contributed by atoms with van der Waals surface area (Å²) in [6, 6.07) is 7.28. The van der Waals surface area contributed by atoms with Gasteiger partial charge in [0.1, 0.15) is 0 Å². The molecule has 0 aromatic heterocycles. The van der Waals surface area contributed by atoms with Crippen molar-refractivity contribution in [1.82, 2.24) is 15.5 Å². The van der Waals surface area contributed by atoms with Crippen LogP contribution in [0, 0.1) is 0 Å². The summed E-state index contributed by atoms with van der Waals surface area (Å²) in [6.45, 7) is 3.60. The Bertz CT molecular complexity index is 407. The number of nitrogens with one attached hydrogen (secondary N) is 2. The van der Waals surface area contributed by atoms with E-state index in [-0.39, 0.29) is 5.91 Å². The Kier molecular flexibility index (Phi) is 4.58. The minimum atomic E-state index is -0.0503. The van der Waals surface area contributed by atoms with E-state index in [9.17, 15) is 4.79 Å². The Hall–Kier alpha value is -1.10. The summed E-state index contributed by atoms with van der Waals surface area (Å²) in [7, 11) is 2.08. The lowest BCUT2D eigenvalue weighted by molar-refractivity contribution is 0.0933. The number of amides is 1. The van der Waals surface area contributed by atoms with Gasteiger partial charge in [-0.2, -0.15) is 0 Å². The second-order valence-corrected chi connectivity index (χ2v) is 4.99. The number of carbonyl (C=O) groups excluding carboxylic acids is 1. The highest BCUT2D eigenvalue weighted by atomic mass is 35.5. The molecule has 0 radical (unpaired) electrons. The average molecular weight is 268 g/mol. The molecule has 0 spiro atoms. The van der Waals surface area contributed by atoms with Crippen LogP contribution >= 0.6 is 11.6 Å². The predicted octanol–water partition coefficient (Wildman–Crippen LogP) is 0.973. The molecule has 5 heteroatoms. The van der Waals surface area contributed by atoms with Gasteiger partial charge in [0.05, 0.1) is 0 Å². The molecule has 1 aliphatic rings. The zero-order valence-electron chi connectivity index (χ0n) is 10.4. The molecule has 1 heterocycles. The molecule has 1 fully saturated rings. The van der Waals surface area contributed by atoms with Crippen LogP contribution in [0.4, 0.5) is 0 Å². The van der Waals surface area contributed by atoms with Gasteiger partial charge in [-0.1, -0.05) is 11.6 Å². The summed E-state index contributed by atoms with van der Waals surface area (Å²) in [6.07, 6.45) is 0. The summed E-state index contributed by atoms with van der Waals surface area (Å²) < 4.78 is 0. The van der Waals surface area contributed by atoms with E-state index in [1.54, 1.807) is 24.3 Å². The smallest absolute Gasteiger partial charge is 0.251 e. The van der Waals surface area contributed by atoms with Crippen LogP contribution in [0.25, 0.3) is 0 Å². The van der Waals surface area contributed by atoms with Crippen molar-refractivity contribution in [2.45, 2.75) is 6.04 Å². The quantitative estimate of drug-likeness (QED) is 0.858. The highest BCUT2D eigenvalue weighted by Gasteiger charge is 2.19. The number of hydrogen-bond acceptors (Lipinski definition) is 3. The largest absolute Gasteiger partial charge is 0.350 e. The van der Waals surface area contributed by atoms with E-state index in [0.717, 1.165) is 19.6 Å². The first kappa shape index (κ1) is 13.3. The van der Waals surface area contributed by atoms with E-state index >= 15 is 0 Å². The number of benzene rings is 1. The number of rotatable bonds is 3. The van der Waals surface area contributed by atoms with Gasteiger partial charge < -0.3 is 10.6 Å². The molecule has 1 saturated heterocycles. The Labute approximate surface area is 112 Å². The Morgan fingerprint density at radius 3 is 2.89 bits per heavy atom. The predicted molar refractivity (Wildman–Crippen MR) is 73.1 cm³/mol. The molecule has 2 rings (SSSR count). The first-order chi connectivity index (χ1) is 8.66. The van der Waals surface area contributed by atoms with Gasteiger partial charge in [-0.3, -0.25) is 9.69 Å². The molecule has 18 heavy (non-hydrogen) atoms. The summed E-state index contributed by atoms with van der Waals surface area (Å²) in [5.74, 6) is -0.0503. The first-order valence-corrected chi connectivity index (χ1v) is 6.49. The third-order valence-corrected chi connectivity index (χ3v) is 3.50. The van der Waals surface area contributed by atoms with E-state index in [2.05, 4.69) is 22.6 Å². The lowest BCUT2D eigenvalue weighted by Crippen LogP contribution is -2.53. The summed E-state index contributed by atoms with van der Waals surface area (Å²) in [4.78, 5) is 14.2. The van der Waals surface area contributed by atoms with Gasteiger partial charge in [0.25, 0.3) is 5.91 Å². The van der Waals surface area contributed by atoms with Crippen molar-refractivity contribution in [2.75, 3.05) is 33.2 Å². The van der Waals surface area contributed by atoms with Crippen molar-refractivity contribution in [3.63, 3.8) is 0 Å². The van der Waals surface area contributed by atoms with Crippen LogP contribution < -0.4 is 10.6 Å². The minimum absolute atomic E-state index is 0.0503. The molecule has 0 saturated carbocycles. The topological polar surface area (TPSA) is 44.4 Å². The van der Waals surface area contributed by atoms with Crippen molar-refractivity contribution < 1.29 is 4.79 Å². The van der Waals surface area contributed by atoms with Crippen LogP contribution in [0.3, 0.4) is 0 Å². The summed E-state index contributed by atoms with van der Waals surface area (Å²) in [5.41, 5.74) is 0.644. The van der Waals surface area contributed by atoms with E-state index in [4.69, 9.17) is 11.6 Å². The Balaban J connectivity index is 1.86. The number of piperazine rings is 1. The van der Waals surface area contributed by atoms with Crippen molar-refractivity contribution in [2.24, 2.45) is 0 Å². The fourth-order valence-electron chi connectivity index (χ4n) is 2.00. The summed E-state index contributed by atoms with van der Waals surface area (Å²) >= 11 is 5.79.